The summed E-state index contributed by atoms with van der Waals surface area (Å²) in [6.07, 6.45) is 4.60. The van der Waals surface area contributed by atoms with E-state index < -0.39 is 0 Å². The number of hydrogen-bond acceptors (Lipinski definition) is 3. The number of likely N-dealkylation sites (tertiary alicyclic amines) is 1. The molecule has 0 spiro atoms. The number of hydrazone groups is 1. The number of hydrogen-bond donors (Lipinski definition) is 1. The van der Waals surface area contributed by atoms with Crippen LogP contribution in [0.2, 0.25) is 10.0 Å². The van der Waals surface area contributed by atoms with Crippen molar-refractivity contribution >= 4 is 35.3 Å². The van der Waals surface area contributed by atoms with E-state index in [-0.39, 0.29) is 11.9 Å². The van der Waals surface area contributed by atoms with Gasteiger partial charge in [-0.25, -0.2) is 5.43 Å². The van der Waals surface area contributed by atoms with E-state index in [9.17, 15) is 4.79 Å². The molecule has 2 rings (SSSR count). The van der Waals surface area contributed by atoms with E-state index in [1.54, 1.807) is 18.2 Å². The third-order valence-electron chi connectivity index (χ3n) is 3.43. The van der Waals surface area contributed by atoms with Crippen LogP contribution in [0.5, 0.6) is 0 Å². The maximum Gasteiger partial charge on any atom is 0.257 e. The zero-order valence-corrected chi connectivity index (χ0v) is 12.8. The van der Waals surface area contributed by atoms with Gasteiger partial charge in [0.1, 0.15) is 0 Å². The minimum atomic E-state index is -0.101. The van der Waals surface area contributed by atoms with Crippen LogP contribution < -0.4 is 5.43 Å². The zero-order chi connectivity index (χ0) is 14.5. The van der Waals surface area contributed by atoms with E-state index in [0.29, 0.717) is 15.6 Å². The number of benzene rings is 1. The van der Waals surface area contributed by atoms with E-state index in [1.807, 2.05) is 7.05 Å². The molecule has 1 amide bonds. The summed E-state index contributed by atoms with van der Waals surface area (Å²) in [5, 5.41) is 4.86. The monoisotopic (exact) mass is 313 g/mol. The van der Waals surface area contributed by atoms with Crippen molar-refractivity contribution in [3.05, 3.63) is 33.8 Å². The van der Waals surface area contributed by atoms with Gasteiger partial charge in [-0.05, 0) is 32.5 Å². The van der Waals surface area contributed by atoms with Gasteiger partial charge in [-0.15, -0.1) is 0 Å². The Balaban J connectivity index is 1.95. The van der Waals surface area contributed by atoms with Gasteiger partial charge in [0.25, 0.3) is 5.91 Å². The normalized spacial score (nSPS) is 20.2. The molecule has 4 nitrogen and oxygen atoms in total. The van der Waals surface area contributed by atoms with Crippen molar-refractivity contribution < 1.29 is 4.79 Å². The van der Waals surface area contributed by atoms with Crippen molar-refractivity contribution in [1.82, 2.24) is 10.3 Å². The highest BCUT2D eigenvalue weighted by molar-refractivity contribution is 6.43. The van der Waals surface area contributed by atoms with Crippen LogP contribution in [0.4, 0.5) is 0 Å². The fraction of sp³-hybridized carbons (Fsp3) is 0.429. The molecule has 1 N–H and O–H groups in total. The quantitative estimate of drug-likeness (QED) is 0.689. The van der Waals surface area contributed by atoms with Gasteiger partial charge in [0, 0.05) is 5.56 Å². The number of halogens is 2. The SMILES string of the molecule is CN1CCCC[C@H]1C(=O)N/N=C\c1cccc(Cl)c1Cl. The number of carbonyl (C=O) groups excluding carboxylic acids is 1. The summed E-state index contributed by atoms with van der Waals surface area (Å²) in [5.41, 5.74) is 3.24. The topological polar surface area (TPSA) is 44.7 Å². The standard InChI is InChI=1S/C14H17Cl2N3O/c1-19-8-3-2-7-12(19)14(20)18-17-9-10-5-4-6-11(15)13(10)16/h4-6,9,12H,2-3,7-8H2,1H3,(H,18,20)/b17-9-/t12-/m0/s1. The molecule has 1 saturated heterocycles. The average Bonchev–Trinajstić information content (AvgIpc) is 2.44. The van der Waals surface area contributed by atoms with Crippen LogP contribution in [-0.4, -0.2) is 36.7 Å². The molecule has 0 unspecified atom stereocenters. The Morgan fingerprint density at radius 2 is 2.25 bits per heavy atom. The Labute approximate surface area is 128 Å². The summed E-state index contributed by atoms with van der Waals surface area (Å²) in [4.78, 5) is 14.1. The summed E-state index contributed by atoms with van der Waals surface area (Å²) in [7, 11) is 1.96. The Morgan fingerprint density at radius 3 is 3.00 bits per heavy atom. The molecule has 0 bridgehead atoms. The molecular formula is C14H17Cl2N3O. The second kappa shape index (κ2) is 7.07. The number of nitrogens with zero attached hydrogens (tertiary/aromatic N) is 2. The maximum absolute atomic E-state index is 12.0. The molecule has 1 aliphatic rings. The molecule has 0 aliphatic carbocycles. The Hall–Kier alpha value is -1.10. The second-order valence-corrected chi connectivity index (χ2v) is 5.65. The molecule has 1 aromatic carbocycles. The van der Waals surface area contributed by atoms with Crippen molar-refractivity contribution in [1.29, 1.82) is 0 Å². The van der Waals surface area contributed by atoms with Gasteiger partial charge in [-0.2, -0.15) is 5.10 Å². The smallest absolute Gasteiger partial charge is 0.257 e. The minimum Gasteiger partial charge on any atom is -0.295 e. The number of nitrogens with one attached hydrogen (secondary N) is 1. The molecule has 1 heterocycles. The first-order valence-corrected chi connectivity index (χ1v) is 7.32. The summed E-state index contributed by atoms with van der Waals surface area (Å²) in [6, 6.07) is 5.18. The lowest BCUT2D eigenvalue weighted by Gasteiger charge is -2.30. The Morgan fingerprint density at radius 1 is 1.45 bits per heavy atom. The van der Waals surface area contributed by atoms with Crippen LogP contribution in [0.15, 0.2) is 23.3 Å². The average molecular weight is 314 g/mol. The molecule has 1 aliphatic heterocycles. The molecule has 20 heavy (non-hydrogen) atoms. The van der Waals surface area contributed by atoms with Gasteiger partial charge in [-0.1, -0.05) is 41.8 Å². The van der Waals surface area contributed by atoms with Crippen molar-refractivity contribution in [3.63, 3.8) is 0 Å². The Kier molecular flexibility index (Phi) is 5.40. The van der Waals surface area contributed by atoms with E-state index >= 15 is 0 Å². The predicted octanol–water partition coefficient (Wildman–Crippen LogP) is 2.93. The number of amides is 1. The van der Waals surface area contributed by atoms with E-state index in [4.69, 9.17) is 23.2 Å². The fourth-order valence-electron chi connectivity index (χ4n) is 2.27. The molecule has 108 valence electrons. The highest BCUT2D eigenvalue weighted by Gasteiger charge is 2.25. The molecule has 0 saturated carbocycles. The molecule has 1 fully saturated rings. The molecule has 1 aromatic rings. The Bertz CT molecular complexity index is 519. The first-order valence-electron chi connectivity index (χ1n) is 6.57. The van der Waals surface area contributed by atoms with E-state index in [2.05, 4.69) is 15.4 Å². The summed E-state index contributed by atoms with van der Waals surface area (Å²) >= 11 is 11.9. The van der Waals surface area contributed by atoms with Crippen LogP contribution in [0.3, 0.4) is 0 Å². The van der Waals surface area contributed by atoms with Crippen LogP contribution in [-0.2, 0) is 4.79 Å². The molecule has 6 heteroatoms. The highest BCUT2D eigenvalue weighted by Crippen LogP contribution is 2.24. The number of rotatable bonds is 3. The summed E-state index contributed by atoms with van der Waals surface area (Å²) < 4.78 is 0. The van der Waals surface area contributed by atoms with Gasteiger partial charge in [0.2, 0.25) is 0 Å². The third-order valence-corrected chi connectivity index (χ3v) is 4.27. The van der Waals surface area contributed by atoms with E-state index in [0.717, 1.165) is 25.8 Å². The lowest BCUT2D eigenvalue weighted by Crippen LogP contribution is -2.46. The van der Waals surface area contributed by atoms with Crippen molar-refractivity contribution in [3.8, 4) is 0 Å². The van der Waals surface area contributed by atoms with Gasteiger partial charge >= 0.3 is 0 Å². The minimum absolute atomic E-state index is 0.0819. The van der Waals surface area contributed by atoms with Gasteiger partial charge < -0.3 is 0 Å². The van der Waals surface area contributed by atoms with Crippen LogP contribution in [0, 0.1) is 0 Å². The van der Waals surface area contributed by atoms with Crippen molar-refractivity contribution in [2.75, 3.05) is 13.6 Å². The number of piperidine rings is 1. The second-order valence-electron chi connectivity index (χ2n) is 4.87. The van der Waals surface area contributed by atoms with Crippen LogP contribution in [0.25, 0.3) is 0 Å². The van der Waals surface area contributed by atoms with Gasteiger partial charge in [0.15, 0.2) is 0 Å². The lowest BCUT2D eigenvalue weighted by molar-refractivity contribution is -0.126. The van der Waals surface area contributed by atoms with Crippen molar-refractivity contribution in [2.45, 2.75) is 25.3 Å². The van der Waals surface area contributed by atoms with Gasteiger partial charge in [0.05, 0.1) is 22.3 Å². The number of carbonyl (C=O) groups is 1. The third kappa shape index (κ3) is 3.72. The van der Waals surface area contributed by atoms with Gasteiger partial charge in [-0.3, -0.25) is 9.69 Å². The highest BCUT2D eigenvalue weighted by atomic mass is 35.5. The summed E-state index contributed by atoms with van der Waals surface area (Å²) in [6.45, 7) is 0.946. The first kappa shape index (κ1) is 15.3. The van der Waals surface area contributed by atoms with Crippen LogP contribution >= 0.6 is 23.2 Å². The van der Waals surface area contributed by atoms with E-state index in [1.165, 1.54) is 6.21 Å². The molecule has 0 radical (unpaired) electrons. The predicted molar refractivity (Wildman–Crippen MR) is 82.5 cm³/mol. The summed E-state index contributed by atoms with van der Waals surface area (Å²) in [5.74, 6) is -0.0819. The lowest BCUT2D eigenvalue weighted by atomic mass is 10.0. The largest absolute Gasteiger partial charge is 0.295 e. The molecular weight excluding hydrogens is 297 g/mol. The first-order chi connectivity index (χ1) is 9.59. The zero-order valence-electron chi connectivity index (χ0n) is 11.3. The van der Waals surface area contributed by atoms with Crippen LogP contribution in [0.1, 0.15) is 24.8 Å². The van der Waals surface area contributed by atoms with Crippen molar-refractivity contribution in [2.24, 2.45) is 5.10 Å². The molecule has 0 aromatic heterocycles. The fourth-order valence-corrected chi connectivity index (χ4v) is 2.62. The molecule has 1 atom stereocenters. The number of likely N-dealkylation sites (N-methyl/N-ethyl adjacent to an activating group) is 1. The maximum atomic E-state index is 12.0.